The number of halogens is 1. The Balaban J connectivity index is 1.70. The second-order valence-corrected chi connectivity index (χ2v) is 6.89. The lowest BCUT2D eigenvalue weighted by Crippen LogP contribution is -2.57. The number of alkyl halides is 1. The Hall–Kier alpha value is -0.890. The molecular formula is C18H25ClO2. The first-order valence-electron chi connectivity index (χ1n) is 8.28. The zero-order valence-corrected chi connectivity index (χ0v) is 13.6. The molecule has 0 amide bonds. The molecule has 0 aromatic heterocycles. The molecule has 1 aromatic carbocycles. The fourth-order valence-corrected chi connectivity index (χ4v) is 4.37. The first-order chi connectivity index (χ1) is 10.2. The maximum absolute atomic E-state index is 6.59. The lowest BCUT2D eigenvalue weighted by molar-refractivity contribution is -0.0513. The van der Waals surface area contributed by atoms with Gasteiger partial charge in [-0.1, -0.05) is 31.7 Å². The average Bonchev–Trinajstić information content (AvgIpc) is 2.76. The minimum atomic E-state index is 0.208. The van der Waals surface area contributed by atoms with Crippen LogP contribution in [0.25, 0.3) is 0 Å². The van der Waals surface area contributed by atoms with Crippen LogP contribution in [0.5, 0.6) is 11.5 Å². The summed E-state index contributed by atoms with van der Waals surface area (Å²) in [7, 11) is 0. The van der Waals surface area contributed by atoms with Crippen molar-refractivity contribution in [3.8, 4) is 11.5 Å². The van der Waals surface area contributed by atoms with E-state index >= 15 is 0 Å². The number of ether oxygens (including phenoxy) is 2. The average molecular weight is 309 g/mol. The number of benzene rings is 1. The normalized spacial score (nSPS) is 27.7. The summed E-state index contributed by atoms with van der Waals surface area (Å²) in [6.45, 7) is 2.68. The summed E-state index contributed by atoms with van der Waals surface area (Å²) in [4.78, 5) is 0. The van der Waals surface area contributed by atoms with E-state index in [2.05, 4.69) is 0 Å². The fourth-order valence-electron chi connectivity index (χ4n) is 3.85. The molecule has 0 N–H and O–H groups in total. The van der Waals surface area contributed by atoms with Crippen LogP contribution in [0.15, 0.2) is 24.3 Å². The van der Waals surface area contributed by atoms with Crippen molar-refractivity contribution in [2.24, 2.45) is 5.41 Å². The van der Waals surface area contributed by atoms with Crippen LogP contribution in [0.1, 0.15) is 51.9 Å². The lowest BCUT2D eigenvalue weighted by atomic mass is 9.61. The third kappa shape index (κ3) is 3.01. The van der Waals surface area contributed by atoms with Crippen LogP contribution >= 0.6 is 11.6 Å². The summed E-state index contributed by atoms with van der Waals surface area (Å²) in [6, 6.07) is 7.99. The molecule has 3 rings (SSSR count). The van der Waals surface area contributed by atoms with Crippen LogP contribution in [0.2, 0.25) is 0 Å². The largest absolute Gasteiger partial charge is 0.494 e. The standard InChI is InChI=1S/C18H25ClO2/c1-2-20-14-8-7-9-15(12-14)21-17-13-16(19)18(17)10-5-3-4-6-11-18/h7-9,12,16-17H,2-6,10-11,13H2,1H3. The molecule has 0 bridgehead atoms. The highest BCUT2D eigenvalue weighted by atomic mass is 35.5. The van der Waals surface area contributed by atoms with E-state index in [1.807, 2.05) is 31.2 Å². The van der Waals surface area contributed by atoms with E-state index in [0.29, 0.717) is 6.61 Å². The molecule has 2 nitrogen and oxygen atoms in total. The first-order valence-corrected chi connectivity index (χ1v) is 8.72. The Kier molecular flexibility index (Phi) is 4.63. The van der Waals surface area contributed by atoms with Gasteiger partial charge in [0.15, 0.2) is 0 Å². The molecule has 116 valence electrons. The molecule has 2 aliphatic rings. The molecule has 0 aliphatic heterocycles. The van der Waals surface area contributed by atoms with E-state index < -0.39 is 0 Å². The Morgan fingerprint density at radius 3 is 2.52 bits per heavy atom. The van der Waals surface area contributed by atoms with Gasteiger partial charge >= 0.3 is 0 Å². The Bertz CT molecular complexity index is 466. The zero-order valence-electron chi connectivity index (χ0n) is 12.8. The minimum Gasteiger partial charge on any atom is -0.494 e. The number of hydrogen-bond acceptors (Lipinski definition) is 2. The first kappa shape index (κ1) is 15.0. The molecular weight excluding hydrogens is 284 g/mol. The molecule has 2 fully saturated rings. The summed E-state index contributed by atoms with van der Waals surface area (Å²) < 4.78 is 11.8. The van der Waals surface area contributed by atoms with E-state index in [1.165, 1.54) is 38.5 Å². The molecule has 0 saturated heterocycles. The molecule has 0 radical (unpaired) electrons. The van der Waals surface area contributed by atoms with Crippen LogP contribution in [0.3, 0.4) is 0 Å². The van der Waals surface area contributed by atoms with Gasteiger partial charge in [-0.25, -0.2) is 0 Å². The molecule has 2 saturated carbocycles. The highest BCUT2D eigenvalue weighted by molar-refractivity contribution is 6.21. The molecule has 21 heavy (non-hydrogen) atoms. The Labute approximate surface area is 132 Å². The molecule has 0 heterocycles. The van der Waals surface area contributed by atoms with Crippen LogP contribution in [0, 0.1) is 5.41 Å². The van der Waals surface area contributed by atoms with Gasteiger partial charge in [0, 0.05) is 23.3 Å². The van der Waals surface area contributed by atoms with Crippen molar-refractivity contribution in [3.63, 3.8) is 0 Å². The molecule has 2 aliphatic carbocycles. The molecule has 3 heteroatoms. The quantitative estimate of drug-likeness (QED) is 0.713. The summed E-state index contributed by atoms with van der Waals surface area (Å²) >= 11 is 6.59. The third-order valence-corrected chi connectivity index (χ3v) is 5.73. The lowest BCUT2D eigenvalue weighted by Gasteiger charge is -2.53. The van der Waals surface area contributed by atoms with E-state index in [-0.39, 0.29) is 16.9 Å². The van der Waals surface area contributed by atoms with Gasteiger partial charge in [-0.05, 0) is 31.9 Å². The van der Waals surface area contributed by atoms with Gasteiger partial charge in [-0.2, -0.15) is 0 Å². The molecule has 1 aromatic rings. The summed E-state index contributed by atoms with van der Waals surface area (Å²) in [5.74, 6) is 1.80. The van der Waals surface area contributed by atoms with E-state index in [1.54, 1.807) is 0 Å². The van der Waals surface area contributed by atoms with Crippen molar-refractivity contribution in [2.45, 2.75) is 63.4 Å². The van der Waals surface area contributed by atoms with Gasteiger partial charge in [0.1, 0.15) is 17.6 Å². The molecule has 2 atom stereocenters. The number of hydrogen-bond donors (Lipinski definition) is 0. The van der Waals surface area contributed by atoms with Crippen molar-refractivity contribution < 1.29 is 9.47 Å². The van der Waals surface area contributed by atoms with Gasteiger partial charge in [-0.3, -0.25) is 0 Å². The molecule has 1 spiro atoms. The van der Waals surface area contributed by atoms with Gasteiger partial charge in [0.05, 0.1) is 6.61 Å². The van der Waals surface area contributed by atoms with Crippen molar-refractivity contribution in [1.82, 2.24) is 0 Å². The van der Waals surface area contributed by atoms with Crippen molar-refractivity contribution in [3.05, 3.63) is 24.3 Å². The van der Waals surface area contributed by atoms with Gasteiger partial charge in [0.2, 0.25) is 0 Å². The van der Waals surface area contributed by atoms with Gasteiger partial charge in [-0.15, -0.1) is 11.6 Å². The maximum Gasteiger partial charge on any atom is 0.123 e. The zero-order chi connectivity index (χ0) is 14.7. The summed E-state index contributed by atoms with van der Waals surface area (Å²) in [5.41, 5.74) is 0.208. The Morgan fingerprint density at radius 1 is 1.14 bits per heavy atom. The third-order valence-electron chi connectivity index (χ3n) is 5.12. The van der Waals surface area contributed by atoms with Gasteiger partial charge in [0.25, 0.3) is 0 Å². The Morgan fingerprint density at radius 2 is 1.86 bits per heavy atom. The highest BCUT2D eigenvalue weighted by Crippen LogP contribution is 2.55. The van der Waals surface area contributed by atoms with Crippen LogP contribution in [0.4, 0.5) is 0 Å². The second-order valence-electron chi connectivity index (χ2n) is 6.36. The highest BCUT2D eigenvalue weighted by Gasteiger charge is 2.55. The van der Waals surface area contributed by atoms with E-state index in [9.17, 15) is 0 Å². The van der Waals surface area contributed by atoms with Gasteiger partial charge < -0.3 is 9.47 Å². The topological polar surface area (TPSA) is 18.5 Å². The SMILES string of the molecule is CCOc1cccc(OC2CC(Cl)C23CCCCCC3)c1. The predicted octanol–water partition coefficient (Wildman–Crippen LogP) is 5.18. The smallest absolute Gasteiger partial charge is 0.123 e. The summed E-state index contributed by atoms with van der Waals surface area (Å²) in [5, 5.41) is 0.288. The number of rotatable bonds is 4. The van der Waals surface area contributed by atoms with Crippen molar-refractivity contribution in [1.29, 1.82) is 0 Å². The van der Waals surface area contributed by atoms with Crippen molar-refractivity contribution in [2.75, 3.05) is 6.61 Å². The fraction of sp³-hybridized carbons (Fsp3) is 0.667. The van der Waals surface area contributed by atoms with Crippen molar-refractivity contribution >= 4 is 11.6 Å². The molecule has 2 unspecified atom stereocenters. The van der Waals surface area contributed by atoms with E-state index in [0.717, 1.165) is 17.9 Å². The monoisotopic (exact) mass is 308 g/mol. The predicted molar refractivity (Wildman–Crippen MR) is 86.4 cm³/mol. The summed E-state index contributed by atoms with van der Waals surface area (Å²) in [6.07, 6.45) is 8.96. The maximum atomic E-state index is 6.59. The van der Waals surface area contributed by atoms with Crippen LogP contribution < -0.4 is 9.47 Å². The van der Waals surface area contributed by atoms with E-state index in [4.69, 9.17) is 21.1 Å². The minimum absolute atomic E-state index is 0.208. The second kappa shape index (κ2) is 6.48. The van der Waals surface area contributed by atoms with Crippen LogP contribution in [-0.4, -0.2) is 18.1 Å². The van der Waals surface area contributed by atoms with Crippen LogP contribution in [-0.2, 0) is 0 Å².